The van der Waals surface area contributed by atoms with Gasteiger partial charge in [0.2, 0.25) is 0 Å². The lowest BCUT2D eigenvalue weighted by atomic mass is 10.0. The molecule has 1 aromatic rings. The van der Waals surface area contributed by atoms with Crippen LogP contribution in [0, 0.1) is 0 Å². The summed E-state index contributed by atoms with van der Waals surface area (Å²) in [7, 11) is 4.60. The van der Waals surface area contributed by atoms with Crippen molar-refractivity contribution in [1.82, 2.24) is 0 Å². The van der Waals surface area contributed by atoms with E-state index in [9.17, 15) is 0 Å². The molecule has 0 aliphatic rings. The molecule has 18 heavy (non-hydrogen) atoms. The number of unbranched alkanes of at least 4 members (excludes halogenated alkanes) is 2. The first-order valence-electron chi connectivity index (χ1n) is 6.62. The van der Waals surface area contributed by atoms with Crippen molar-refractivity contribution in [2.45, 2.75) is 32.2 Å². The SMILES string of the molecule is C=CC(c1ccccc1)[N+](C)(C)CCCCC.[Cl-]. The van der Waals surface area contributed by atoms with E-state index < -0.39 is 0 Å². The summed E-state index contributed by atoms with van der Waals surface area (Å²) in [5.41, 5.74) is 1.36. The maximum Gasteiger partial charge on any atom is 0.133 e. The zero-order valence-corrected chi connectivity index (χ0v) is 12.7. The molecule has 0 aliphatic heterocycles. The van der Waals surface area contributed by atoms with E-state index in [1.807, 2.05) is 0 Å². The summed E-state index contributed by atoms with van der Waals surface area (Å²) < 4.78 is 0.994. The minimum absolute atomic E-state index is 0. The molecular formula is C16H26ClN. The highest BCUT2D eigenvalue weighted by Crippen LogP contribution is 2.26. The Morgan fingerprint density at radius 2 is 1.78 bits per heavy atom. The summed E-state index contributed by atoms with van der Waals surface area (Å²) >= 11 is 0. The van der Waals surface area contributed by atoms with Crippen molar-refractivity contribution in [2.75, 3.05) is 20.6 Å². The van der Waals surface area contributed by atoms with E-state index in [0.717, 1.165) is 4.48 Å². The first kappa shape index (κ1) is 17.2. The van der Waals surface area contributed by atoms with Crippen LogP contribution in [0.1, 0.15) is 37.8 Å². The van der Waals surface area contributed by atoms with Crippen LogP contribution in [0.4, 0.5) is 0 Å². The van der Waals surface area contributed by atoms with E-state index in [1.165, 1.54) is 31.4 Å². The lowest BCUT2D eigenvalue weighted by Gasteiger charge is -2.37. The maximum absolute atomic E-state index is 4.02. The van der Waals surface area contributed by atoms with Gasteiger partial charge in [0.1, 0.15) is 6.04 Å². The Morgan fingerprint density at radius 3 is 2.28 bits per heavy atom. The quantitative estimate of drug-likeness (QED) is 0.396. The van der Waals surface area contributed by atoms with Crippen LogP contribution >= 0.6 is 0 Å². The average molecular weight is 268 g/mol. The van der Waals surface area contributed by atoms with E-state index >= 15 is 0 Å². The van der Waals surface area contributed by atoms with Crippen LogP contribution in [0.5, 0.6) is 0 Å². The molecule has 0 saturated carbocycles. The fraction of sp³-hybridized carbons (Fsp3) is 0.500. The summed E-state index contributed by atoms with van der Waals surface area (Å²) in [6.07, 6.45) is 5.98. The second-order valence-corrected chi connectivity index (χ2v) is 5.30. The van der Waals surface area contributed by atoms with Gasteiger partial charge in [0.05, 0.1) is 20.6 Å². The van der Waals surface area contributed by atoms with E-state index in [2.05, 4.69) is 64.0 Å². The zero-order valence-electron chi connectivity index (χ0n) is 11.9. The minimum atomic E-state index is 0. The molecule has 0 aromatic heterocycles. The van der Waals surface area contributed by atoms with Gasteiger partial charge in [0.25, 0.3) is 0 Å². The van der Waals surface area contributed by atoms with Crippen LogP contribution < -0.4 is 12.4 Å². The fourth-order valence-electron chi connectivity index (χ4n) is 2.38. The van der Waals surface area contributed by atoms with Crippen molar-refractivity contribution in [1.29, 1.82) is 0 Å². The lowest BCUT2D eigenvalue weighted by Crippen LogP contribution is -3.00. The maximum atomic E-state index is 4.02. The van der Waals surface area contributed by atoms with Gasteiger partial charge in [0.15, 0.2) is 0 Å². The third-order valence-electron chi connectivity index (χ3n) is 3.46. The molecule has 0 fully saturated rings. The summed E-state index contributed by atoms with van der Waals surface area (Å²) in [5.74, 6) is 0. The highest BCUT2D eigenvalue weighted by atomic mass is 35.5. The second kappa shape index (κ2) is 8.34. The van der Waals surface area contributed by atoms with Gasteiger partial charge in [-0.2, -0.15) is 0 Å². The van der Waals surface area contributed by atoms with Crippen LogP contribution in [0.2, 0.25) is 0 Å². The number of likely N-dealkylation sites (N-methyl/N-ethyl adjacent to an activating group) is 1. The van der Waals surface area contributed by atoms with Gasteiger partial charge in [-0.05, 0) is 18.9 Å². The molecule has 1 rings (SSSR count). The lowest BCUT2D eigenvalue weighted by molar-refractivity contribution is -0.914. The average Bonchev–Trinajstić information content (AvgIpc) is 2.31. The molecule has 0 bridgehead atoms. The first-order valence-corrected chi connectivity index (χ1v) is 6.62. The Hall–Kier alpha value is -0.790. The number of rotatable bonds is 7. The van der Waals surface area contributed by atoms with Gasteiger partial charge in [-0.3, -0.25) is 0 Å². The number of quaternary nitrogens is 1. The van der Waals surface area contributed by atoms with Crippen LogP contribution in [0.3, 0.4) is 0 Å². The third kappa shape index (κ3) is 4.83. The summed E-state index contributed by atoms with van der Waals surface area (Å²) in [6, 6.07) is 11.1. The molecule has 0 aliphatic carbocycles. The highest BCUT2D eigenvalue weighted by molar-refractivity contribution is 5.20. The van der Waals surface area contributed by atoms with Crippen molar-refractivity contribution < 1.29 is 16.9 Å². The largest absolute Gasteiger partial charge is 1.00 e. The summed E-state index contributed by atoms with van der Waals surface area (Å²) in [5, 5.41) is 0. The number of halogens is 1. The molecule has 0 radical (unpaired) electrons. The van der Waals surface area contributed by atoms with E-state index in [0.29, 0.717) is 6.04 Å². The van der Waals surface area contributed by atoms with Gasteiger partial charge in [-0.25, -0.2) is 0 Å². The number of nitrogens with zero attached hydrogens (tertiary/aromatic N) is 1. The van der Waals surface area contributed by atoms with Crippen LogP contribution in [-0.2, 0) is 0 Å². The Labute approximate surface area is 119 Å². The second-order valence-electron chi connectivity index (χ2n) is 5.30. The highest BCUT2D eigenvalue weighted by Gasteiger charge is 2.26. The molecule has 0 heterocycles. The number of hydrogen-bond acceptors (Lipinski definition) is 0. The fourth-order valence-corrected chi connectivity index (χ4v) is 2.38. The monoisotopic (exact) mass is 267 g/mol. The van der Waals surface area contributed by atoms with Crippen molar-refractivity contribution in [3.63, 3.8) is 0 Å². The Balaban J connectivity index is 0.00000289. The Bertz CT molecular complexity index is 332. The van der Waals surface area contributed by atoms with Crippen LogP contribution in [-0.4, -0.2) is 25.1 Å². The summed E-state index contributed by atoms with van der Waals surface area (Å²) in [4.78, 5) is 0. The summed E-state index contributed by atoms with van der Waals surface area (Å²) in [6.45, 7) is 7.48. The standard InChI is InChI=1S/C16H26N.ClH/c1-5-7-11-14-17(3,4)16(6-2)15-12-9-8-10-13-15;/h6,8-10,12-13,16H,2,5,7,11,14H2,1,3-4H3;1H/q+1;/p-1. The van der Waals surface area contributed by atoms with Crippen molar-refractivity contribution >= 4 is 0 Å². The van der Waals surface area contributed by atoms with Crippen LogP contribution in [0.15, 0.2) is 43.0 Å². The van der Waals surface area contributed by atoms with E-state index in [4.69, 9.17) is 0 Å². The molecule has 1 unspecified atom stereocenters. The van der Waals surface area contributed by atoms with Crippen LogP contribution in [0.25, 0.3) is 0 Å². The molecule has 0 amide bonds. The molecule has 1 aromatic carbocycles. The molecule has 0 saturated heterocycles. The number of benzene rings is 1. The van der Waals surface area contributed by atoms with E-state index in [1.54, 1.807) is 0 Å². The van der Waals surface area contributed by atoms with Gasteiger partial charge < -0.3 is 16.9 Å². The minimum Gasteiger partial charge on any atom is -1.00 e. The topological polar surface area (TPSA) is 0 Å². The molecular weight excluding hydrogens is 242 g/mol. The van der Waals surface area contributed by atoms with Gasteiger partial charge in [-0.15, -0.1) is 0 Å². The smallest absolute Gasteiger partial charge is 0.133 e. The predicted molar refractivity (Wildman–Crippen MR) is 75.9 cm³/mol. The molecule has 102 valence electrons. The third-order valence-corrected chi connectivity index (χ3v) is 3.46. The normalized spacial score (nSPS) is 12.6. The molecule has 0 spiro atoms. The zero-order chi connectivity index (χ0) is 12.7. The van der Waals surface area contributed by atoms with E-state index in [-0.39, 0.29) is 12.4 Å². The van der Waals surface area contributed by atoms with Crippen molar-refractivity contribution in [3.8, 4) is 0 Å². The number of hydrogen-bond donors (Lipinski definition) is 0. The molecule has 0 N–H and O–H groups in total. The van der Waals surface area contributed by atoms with Gasteiger partial charge in [0, 0.05) is 5.56 Å². The van der Waals surface area contributed by atoms with Crippen molar-refractivity contribution in [3.05, 3.63) is 48.6 Å². The Kier molecular flexibility index (Phi) is 7.97. The Morgan fingerprint density at radius 1 is 1.17 bits per heavy atom. The molecule has 1 atom stereocenters. The van der Waals surface area contributed by atoms with Gasteiger partial charge in [-0.1, -0.05) is 50.3 Å². The molecule has 1 nitrogen and oxygen atoms in total. The van der Waals surface area contributed by atoms with Crippen molar-refractivity contribution in [2.24, 2.45) is 0 Å². The first-order chi connectivity index (χ1) is 8.11. The van der Waals surface area contributed by atoms with Gasteiger partial charge >= 0.3 is 0 Å². The predicted octanol–water partition coefficient (Wildman–Crippen LogP) is 1.18. The molecule has 2 heteroatoms.